The van der Waals surface area contributed by atoms with Gasteiger partial charge in [-0.25, -0.2) is 0 Å². The van der Waals surface area contributed by atoms with Crippen molar-refractivity contribution in [1.82, 2.24) is 4.90 Å². The van der Waals surface area contributed by atoms with E-state index < -0.39 is 0 Å². The number of benzene rings is 1. The second-order valence-electron chi connectivity index (χ2n) is 5.52. The van der Waals surface area contributed by atoms with Crippen LogP contribution in [0.25, 0.3) is 0 Å². The number of hydrogen-bond acceptors (Lipinski definition) is 3. The van der Waals surface area contributed by atoms with Gasteiger partial charge in [-0.05, 0) is 42.0 Å². The lowest BCUT2D eigenvalue weighted by Gasteiger charge is -2.31. The van der Waals surface area contributed by atoms with Crippen LogP contribution in [0.4, 0.5) is 0 Å². The predicted octanol–water partition coefficient (Wildman–Crippen LogP) is 1.70. The monoisotopic (exact) mass is 261 g/mol. The molecule has 0 bridgehead atoms. The van der Waals surface area contributed by atoms with Crippen molar-refractivity contribution in [2.45, 2.75) is 32.4 Å². The van der Waals surface area contributed by atoms with E-state index in [9.17, 15) is 9.90 Å². The number of hydrogen-bond donors (Lipinski definition) is 1. The lowest BCUT2D eigenvalue weighted by atomic mass is 9.97. The molecule has 19 heavy (non-hydrogen) atoms. The molecule has 2 unspecified atom stereocenters. The third-order valence-electron chi connectivity index (χ3n) is 4.14. The number of aromatic hydroxyl groups is 1. The van der Waals surface area contributed by atoms with Crippen LogP contribution in [0, 0.1) is 5.92 Å². The molecular formula is C15H19NO3. The summed E-state index contributed by atoms with van der Waals surface area (Å²) in [6.07, 6.45) is 1.53. The molecule has 1 amide bonds. The molecule has 2 aliphatic rings. The number of fused-ring (bicyclic) bond motifs is 1. The first-order valence-electron chi connectivity index (χ1n) is 6.86. The predicted molar refractivity (Wildman–Crippen MR) is 70.7 cm³/mol. The summed E-state index contributed by atoms with van der Waals surface area (Å²) in [5, 5.41) is 9.54. The zero-order valence-electron chi connectivity index (χ0n) is 11.1. The third-order valence-corrected chi connectivity index (χ3v) is 4.14. The molecule has 0 spiro atoms. The Kier molecular flexibility index (Phi) is 3.19. The zero-order chi connectivity index (χ0) is 13.4. The largest absolute Gasteiger partial charge is 0.508 e. The molecule has 1 saturated heterocycles. The molecule has 2 heterocycles. The highest BCUT2D eigenvalue weighted by Gasteiger charge is 2.35. The van der Waals surface area contributed by atoms with E-state index in [4.69, 9.17) is 4.74 Å². The summed E-state index contributed by atoms with van der Waals surface area (Å²) in [7, 11) is 0. The van der Waals surface area contributed by atoms with Gasteiger partial charge in [0.1, 0.15) is 11.9 Å². The van der Waals surface area contributed by atoms with Crippen molar-refractivity contribution in [1.29, 1.82) is 0 Å². The Hall–Kier alpha value is -1.55. The molecule has 1 aromatic carbocycles. The van der Waals surface area contributed by atoms with Crippen molar-refractivity contribution in [3.8, 4) is 5.75 Å². The summed E-state index contributed by atoms with van der Waals surface area (Å²) in [5.74, 6) is 0.663. The summed E-state index contributed by atoms with van der Waals surface area (Å²) in [4.78, 5) is 14.3. The van der Waals surface area contributed by atoms with E-state index in [0.29, 0.717) is 19.1 Å². The van der Waals surface area contributed by atoms with Crippen LogP contribution < -0.4 is 0 Å². The first-order chi connectivity index (χ1) is 9.15. The fourth-order valence-corrected chi connectivity index (χ4v) is 2.92. The number of rotatable bonds is 1. The Labute approximate surface area is 113 Å². The van der Waals surface area contributed by atoms with Crippen LogP contribution in [-0.2, 0) is 22.5 Å². The molecule has 2 aliphatic heterocycles. The Morgan fingerprint density at radius 3 is 3.00 bits per heavy atom. The average Bonchev–Trinajstić information content (AvgIpc) is 2.83. The highest BCUT2D eigenvalue weighted by molar-refractivity contribution is 5.81. The van der Waals surface area contributed by atoms with Gasteiger partial charge in [-0.3, -0.25) is 4.79 Å². The fraction of sp³-hybridized carbons (Fsp3) is 0.533. The number of phenolic OH excluding ortho intramolecular Hbond substituents is 1. The number of carbonyl (C=O) groups is 1. The Balaban J connectivity index is 1.76. The molecule has 0 aromatic heterocycles. The summed E-state index contributed by atoms with van der Waals surface area (Å²) < 4.78 is 5.55. The zero-order valence-corrected chi connectivity index (χ0v) is 11.1. The van der Waals surface area contributed by atoms with Crippen molar-refractivity contribution in [2.24, 2.45) is 5.92 Å². The molecule has 0 radical (unpaired) electrons. The van der Waals surface area contributed by atoms with E-state index in [0.717, 1.165) is 24.9 Å². The number of ether oxygens (including phenoxy) is 1. The van der Waals surface area contributed by atoms with Gasteiger partial charge in [-0.2, -0.15) is 0 Å². The molecular weight excluding hydrogens is 242 g/mol. The van der Waals surface area contributed by atoms with Crippen molar-refractivity contribution >= 4 is 5.91 Å². The number of amides is 1. The summed E-state index contributed by atoms with van der Waals surface area (Å²) >= 11 is 0. The van der Waals surface area contributed by atoms with Crippen LogP contribution >= 0.6 is 0 Å². The molecule has 1 aromatic rings. The highest BCUT2D eigenvalue weighted by Crippen LogP contribution is 2.27. The van der Waals surface area contributed by atoms with Crippen LogP contribution in [0.15, 0.2) is 18.2 Å². The van der Waals surface area contributed by atoms with Crippen LogP contribution in [0.5, 0.6) is 5.75 Å². The number of phenols is 1. The molecule has 0 saturated carbocycles. The first kappa shape index (κ1) is 12.5. The van der Waals surface area contributed by atoms with Gasteiger partial charge in [0.2, 0.25) is 0 Å². The standard InChI is InChI=1S/C15H19NO3/c1-10-5-7-19-14(10)15(18)16-6-4-11-2-3-13(17)8-12(11)9-16/h2-3,8,10,14,17H,4-7,9H2,1H3. The minimum absolute atomic E-state index is 0.0963. The molecule has 3 rings (SSSR count). The summed E-state index contributed by atoms with van der Waals surface area (Å²) in [5.41, 5.74) is 2.27. The van der Waals surface area contributed by atoms with Crippen LogP contribution in [0.1, 0.15) is 24.5 Å². The van der Waals surface area contributed by atoms with Gasteiger partial charge in [-0.15, -0.1) is 0 Å². The Morgan fingerprint density at radius 2 is 2.26 bits per heavy atom. The van der Waals surface area contributed by atoms with Gasteiger partial charge >= 0.3 is 0 Å². The molecule has 0 aliphatic carbocycles. The van der Waals surface area contributed by atoms with Gasteiger partial charge < -0.3 is 14.7 Å². The van der Waals surface area contributed by atoms with Gasteiger partial charge in [0.25, 0.3) is 5.91 Å². The molecule has 4 heteroatoms. The molecule has 102 valence electrons. The van der Waals surface area contributed by atoms with E-state index in [1.54, 1.807) is 12.1 Å². The maximum absolute atomic E-state index is 12.4. The quantitative estimate of drug-likeness (QED) is 0.837. The molecule has 2 atom stereocenters. The second kappa shape index (κ2) is 4.85. The smallest absolute Gasteiger partial charge is 0.252 e. The van der Waals surface area contributed by atoms with E-state index in [1.165, 1.54) is 5.56 Å². The van der Waals surface area contributed by atoms with Gasteiger partial charge in [0, 0.05) is 19.7 Å². The Bertz CT molecular complexity index is 500. The van der Waals surface area contributed by atoms with Crippen LogP contribution in [-0.4, -0.2) is 35.2 Å². The topological polar surface area (TPSA) is 49.8 Å². The van der Waals surface area contributed by atoms with Crippen molar-refractivity contribution in [2.75, 3.05) is 13.2 Å². The van der Waals surface area contributed by atoms with Gasteiger partial charge in [0.15, 0.2) is 0 Å². The summed E-state index contributed by atoms with van der Waals surface area (Å²) in [6, 6.07) is 5.41. The minimum Gasteiger partial charge on any atom is -0.508 e. The lowest BCUT2D eigenvalue weighted by Crippen LogP contribution is -2.43. The van der Waals surface area contributed by atoms with E-state index in [-0.39, 0.29) is 17.8 Å². The number of carbonyl (C=O) groups excluding carboxylic acids is 1. The second-order valence-corrected chi connectivity index (χ2v) is 5.52. The highest BCUT2D eigenvalue weighted by atomic mass is 16.5. The molecule has 1 N–H and O–H groups in total. The van der Waals surface area contributed by atoms with E-state index in [1.807, 2.05) is 11.0 Å². The van der Waals surface area contributed by atoms with Crippen LogP contribution in [0.2, 0.25) is 0 Å². The van der Waals surface area contributed by atoms with E-state index >= 15 is 0 Å². The summed E-state index contributed by atoms with van der Waals surface area (Å²) in [6.45, 7) is 4.07. The third kappa shape index (κ3) is 2.32. The normalized spacial score (nSPS) is 26.3. The SMILES string of the molecule is CC1CCOC1C(=O)N1CCc2ccc(O)cc2C1. The van der Waals surface area contributed by atoms with Crippen molar-refractivity contribution in [3.05, 3.63) is 29.3 Å². The fourth-order valence-electron chi connectivity index (χ4n) is 2.92. The van der Waals surface area contributed by atoms with Gasteiger partial charge in [0.05, 0.1) is 0 Å². The van der Waals surface area contributed by atoms with Crippen molar-refractivity contribution < 1.29 is 14.6 Å². The van der Waals surface area contributed by atoms with Crippen molar-refractivity contribution in [3.63, 3.8) is 0 Å². The minimum atomic E-state index is -0.279. The number of nitrogens with zero attached hydrogens (tertiary/aromatic N) is 1. The first-order valence-corrected chi connectivity index (χ1v) is 6.86. The molecule has 4 nitrogen and oxygen atoms in total. The molecule has 1 fully saturated rings. The maximum Gasteiger partial charge on any atom is 0.252 e. The average molecular weight is 261 g/mol. The lowest BCUT2D eigenvalue weighted by molar-refractivity contribution is -0.143. The van der Waals surface area contributed by atoms with Gasteiger partial charge in [-0.1, -0.05) is 13.0 Å². The maximum atomic E-state index is 12.4. The Morgan fingerprint density at radius 1 is 1.42 bits per heavy atom. The van der Waals surface area contributed by atoms with Crippen LogP contribution in [0.3, 0.4) is 0 Å². The van der Waals surface area contributed by atoms with E-state index in [2.05, 4.69) is 6.92 Å².